The molecule has 0 radical (unpaired) electrons. The van der Waals surface area contributed by atoms with Gasteiger partial charge >= 0.3 is 0 Å². The van der Waals surface area contributed by atoms with Crippen LogP contribution in [0, 0.1) is 5.92 Å². The Morgan fingerprint density at radius 1 is 1.14 bits per heavy atom. The van der Waals surface area contributed by atoms with Crippen molar-refractivity contribution < 1.29 is 9.47 Å². The zero-order chi connectivity index (χ0) is 19.7. The van der Waals surface area contributed by atoms with Crippen molar-refractivity contribution in [3.8, 4) is 0 Å². The predicted octanol–water partition coefficient (Wildman–Crippen LogP) is 4.16. The average molecular weight is 380 g/mol. The van der Waals surface area contributed by atoms with Crippen LogP contribution in [0.4, 0.5) is 5.82 Å². The van der Waals surface area contributed by atoms with Gasteiger partial charge in [0.2, 0.25) is 0 Å². The summed E-state index contributed by atoms with van der Waals surface area (Å²) in [6.45, 7) is 7.17. The fraction of sp³-hybridized carbons (Fsp3) is 0.455. The van der Waals surface area contributed by atoms with Crippen LogP contribution >= 0.6 is 0 Å². The van der Waals surface area contributed by atoms with Crippen LogP contribution in [0.25, 0.3) is 5.52 Å². The second-order valence-corrected chi connectivity index (χ2v) is 7.56. The molecular formula is C22H28N4O2. The van der Waals surface area contributed by atoms with Crippen molar-refractivity contribution in [2.24, 2.45) is 5.92 Å². The second kappa shape index (κ2) is 7.53. The smallest absolute Gasteiger partial charge is 0.151 e. The Balaban J connectivity index is 1.70. The maximum absolute atomic E-state index is 6.71. The molecule has 3 aromatic rings. The van der Waals surface area contributed by atoms with E-state index in [4.69, 9.17) is 15.2 Å². The van der Waals surface area contributed by atoms with Crippen molar-refractivity contribution in [1.29, 1.82) is 0 Å². The Morgan fingerprint density at radius 2 is 1.89 bits per heavy atom. The molecule has 3 atom stereocenters. The van der Waals surface area contributed by atoms with Gasteiger partial charge in [0.15, 0.2) is 5.82 Å². The number of rotatable bonds is 6. The molecule has 3 heterocycles. The summed E-state index contributed by atoms with van der Waals surface area (Å²) in [6, 6.07) is 14.2. The fourth-order valence-corrected chi connectivity index (χ4v) is 4.47. The molecule has 4 rings (SSSR count). The van der Waals surface area contributed by atoms with Crippen LogP contribution in [-0.2, 0) is 16.1 Å². The number of benzene rings is 1. The molecule has 28 heavy (non-hydrogen) atoms. The van der Waals surface area contributed by atoms with E-state index in [0.29, 0.717) is 12.4 Å². The van der Waals surface area contributed by atoms with E-state index in [1.807, 2.05) is 34.8 Å². The first kappa shape index (κ1) is 18.9. The Bertz CT molecular complexity index is 936. The third-order valence-electron chi connectivity index (χ3n) is 6.27. The molecule has 1 aliphatic heterocycles. The zero-order valence-corrected chi connectivity index (χ0v) is 16.7. The summed E-state index contributed by atoms with van der Waals surface area (Å²) in [5.41, 5.74) is 8.72. The molecule has 1 aliphatic rings. The molecule has 1 saturated heterocycles. The molecule has 6 heteroatoms. The third kappa shape index (κ3) is 3.06. The quantitative estimate of drug-likeness (QED) is 0.695. The highest BCUT2D eigenvalue weighted by atomic mass is 16.6. The molecule has 1 fully saturated rings. The van der Waals surface area contributed by atoms with Gasteiger partial charge in [-0.05, 0) is 30.5 Å². The first-order valence-electron chi connectivity index (χ1n) is 10.0. The van der Waals surface area contributed by atoms with Crippen LogP contribution in [-0.4, -0.2) is 26.3 Å². The number of aromatic nitrogens is 3. The van der Waals surface area contributed by atoms with Crippen molar-refractivity contribution in [3.63, 3.8) is 0 Å². The van der Waals surface area contributed by atoms with Gasteiger partial charge in [-0.25, -0.2) is 9.50 Å². The minimum Gasteiger partial charge on any atom is -0.382 e. The lowest BCUT2D eigenvalue weighted by Gasteiger charge is -2.31. The predicted molar refractivity (Wildman–Crippen MR) is 109 cm³/mol. The molecule has 0 aliphatic carbocycles. The maximum Gasteiger partial charge on any atom is 0.151 e. The SMILES string of the molecule is CCC1(CC)O[C@@H](c2ccc3c(N)ncnn23)[C@H](OCc2ccccc2)[C@@H]1C. The van der Waals surface area contributed by atoms with Gasteiger partial charge in [0.1, 0.15) is 17.9 Å². The zero-order valence-electron chi connectivity index (χ0n) is 16.7. The van der Waals surface area contributed by atoms with Gasteiger partial charge in [0, 0.05) is 5.92 Å². The van der Waals surface area contributed by atoms with Gasteiger partial charge in [-0.1, -0.05) is 51.1 Å². The minimum absolute atomic E-state index is 0.0746. The topological polar surface area (TPSA) is 74.7 Å². The van der Waals surface area contributed by atoms with E-state index in [9.17, 15) is 0 Å². The van der Waals surface area contributed by atoms with Gasteiger partial charge in [0.05, 0.1) is 24.0 Å². The van der Waals surface area contributed by atoms with Gasteiger partial charge in [-0.2, -0.15) is 5.10 Å². The molecule has 0 bridgehead atoms. The molecule has 2 N–H and O–H groups in total. The molecule has 148 valence electrons. The van der Waals surface area contributed by atoms with Gasteiger partial charge in [-0.15, -0.1) is 0 Å². The number of hydrogen-bond donors (Lipinski definition) is 1. The van der Waals surface area contributed by atoms with Crippen LogP contribution in [0.5, 0.6) is 0 Å². The lowest BCUT2D eigenvalue weighted by atomic mass is 9.82. The van der Waals surface area contributed by atoms with Crippen LogP contribution in [0.2, 0.25) is 0 Å². The molecular weight excluding hydrogens is 352 g/mol. The summed E-state index contributed by atoms with van der Waals surface area (Å²) in [7, 11) is 0. The average Bonchev–Trinajstić information content (AvgIpc) is 3.27. The summed E-state index contributed by atoms with van der Waals surface area (Å²) in [5.74, 6) is 0.715. The summed E-state index contributed by atoms with van der Waals surface area (Å²) >= 11 is 0. The number of nitrogen functional groups attached to an aromatic ring is 1. The summed E-state index contributed by atoms with van der Waals surface area (Å²) < 4.78 is 15.0. The molecule has 1 aromatic carbocycles. The highest BCUT2D eigenvalue weighted by molar-refractivity contribution is 5.65. The van der Waals surface area contributed by atoms with E-state index in [0.717, 1.165) is 29.6 Å². The van der Waals surface area contributed by atoms with E-state index in [2.05, 4.69) is 43.0 Å². The Morgan fingerprint density at radius 3 is 2.61 bits per heavy atom. The first-order valence-corrected chi connectivity index (χ1v) is 10.0. The van der Waals surface area contributed by atoms with Crippen LogP contribution in [0.15, 0.2) is 48.8 Å². The largest absolute Gasteiger partial charge is 0.382 e. The first-order chi connectivity index (χ1) is 13.6. The van der Waals surface area contributed by atoms with E-state index in [-0.39, 0.29) is 23.7 Å². The molecule has 0 amide bonds. The molecule has 2 aromatic heterocycles. The number of fused-ring (bicyclic) bond motifs is 1. The highest BCUT2D eigenvalue weighted by Crippen LogP contribution is 2.49. The number of nitrogens with zero attached hydrogens (tertiary/aromatic N) is 3. The summed E-state index contributed by atoms with van der Waals surface area (Å²) in [6.07, 6.45) is 3.07. The van der Waals surface area contributed by atoms with E-state index >= 15 is 0 Å². The van der Waals surface area contributed by atoms with Gasteiger partial charge in [0.25, 0.3) is 0 Å². The minimum atomic E-state index is -0.214. The number of ether oxygens (including phenoxy) is 2. The highest BCUT2D eigenvalue weighted by Gasteiger charge is 2.52. The lowest BCUT2D eigenvalue weighted by Crippen LogP contribution is -2.35. The van der Waals surface area contributed by atoms with Crippen molar-refractivity contribution in [2.45, 2.75) is 58.0 Å². The van der Waals surface area contributed by atoms with Crippen molar-refractivity contribution in [2.75, 3.05) is 5.73 Å². The van der Waals surface area contributed by atoms with Crippen LogP contribution in [0.1, 0.15) is 51.0 Å². The van der Waals surface area contributed by atoms with E-state index in [1.54, 1.807) is 0 Å². The van der Waals surface area contributed by atoms with E-state index < -0.39 is 0 Å². The normalized spacial score (nSPS) is 24.0. The van der Waals surface area contributed by atoms with E-state index in [1.165, 1.54) is 6.33 Å². The summed E-state index contributed by atoms with van der Waals surface area (Å²) in [5, 5.41) is 4.41. The molecule has 0 saturated carbocycles. The molecule has 6 nitrogen and oxygen atoms in total. The number of nitrogens with two attached hydrogens (primary N) is 1. The van der Waals surface area contributed by atoms with Crippen LogP contribution < -0.4 is 5.73 Å². The molecule has 0 spiro atoms. The monoisotopic (exact) mass is 380 g/mol. The number of hydrogen-bond acceptors (Lipinski definition) is 5. The maximum atomic E-state index is 6.71. The second-order valence-electron chi connectivity index (χ2n) is 7.56. The van der Waals surface area contributed by atoms with Gasteiger partial charge < -0.3 is 15.2 Å². The summed E-state index contributed by atoms with van der Waals surface area (Å²) in [4.78, 5) is 4.09. The number of anilines is 1. The molecule has 0 unspecified atom stereocenters. The Hall–Kier alpha value is -2.44. The van der Waals surface area contributed by atoms with Crippen molar-refractivity contribution in [3.05, 3.63) is 60.0 Å². The lowest BCUT2D eigenvalue weighted by molar-refractivity contribution is -0.0746. The van der Waals surface area contributed by atoms with Crippen molar-refractivity contribution in [1.82, 2.24) is 14.6 Å². The van der Waals surface area contributed by atoms with Crippen molar-refractivity contribution >= 4 is 11.3 Å². The Labute approximate surface area is 165 Å². The van der Waals surface area contributed by atoms with Gasteiger partial charge in [-0.3, -0.25) is 0 Å². The van der Waals surface area contributed by atoms with Crippen LogP contribution in [0.3, 0.4) is 0 Å². The third-order valence-corrected chi connectivity index (χ3v) is 6.27. The Kier molecular flexibility index (Phi) is 5.08. The fourth-order valence-electron chi connectivity index (χ4n) is 4.47. The standard InChI is InChI=1S/C22H28N4O2/c1-4-22(5-2)15(3)19(27-13-16-9-7-6-8-10-16)20(28-22)17-11-12-18-21(23)24-14-25-26(17)18/h6-12,14-15,19-20H,4-5,13H2,1-3H3,(H2,23,24,25)/t15-,19+,20-/m0/s1.